The zero-order valence-electron chi connectivity index (χ0n) is 15.0. The fraction of sp³-hybridized carbons (Fsp3) is 0.368. The molecule has 0 saturated carbocycles. The molecule has 2 amide bonds. The molecule has 3 rings (SSSR count). The molecule has 0 aliphatic carbocycles. The van der Waals surface area contributed by atoms with Crippen molar-refractivity contribution in [3.05, 3.63) is 51.4 Å². The Labute approximate surface area is 156 Å². The lowest BCUT2D eigenvalue weighted by atomic mass is 9.91. The van der Waals surface area contributed by atoms with Gasteiger partial charge < -0.3 is 9.42 Å². The summed E-state index contributed by atoms with van der Waals surface area (Å²) < 4.78 is 18.4. The molecule has 7 heteroatoms. The van der Waals surface area contributed by atoms with Gasteiger partial charge in [0.05, 0.1) is 10.7 Å². The van der Waals surface area contributed by atoms with Gasteiger partial charge in [-0.2, -0.15) is 0 Å². The molecule has 1 saturated heterocycles. The number of amides is 2. The third kappa shape index (κ3) is 3.90. The summed E-state index contributed by atoms with van der Waals surface area (Å²) in [5.41, 5.74) is 3.67. The summed E-state index contributed by atoms with van der Waals surface area (Å²) in [6, 6.07) is 4.49. The summed E-state index contributed by atoms with van der Waals surface area (Å²) in [6.07, 6.45) is 2.77. The topological polar surface area (TPSA) is 58.4 Å². The first-order valence-electron chi connectivity index (χ1n) is 8.49. The fourth-order valence-electron chi connectivity index (χ4n) is 2.97. The summed E-state index contributed by atoms with van der Waals surface area (Å²) in [5, 5.41) is 6.74. The summed E-state index contributed by atoms with van der Waals surface area (Å²) in [4.78, 5) is 14.2. The molecule has 1 fully saturated rings. The number of hydrogen-bond acceptors (Lipinski definition) is 3. The molecule has 1 N–H and O–H groups in total. The molecule has 5 nitrogen and oxygen atoms in total. The number of likely N-dealkylation sites (tertiary alicyclic amines) is 1. The number of piperidine rings is 1. The Morgan fingerprint density at radius 3 is 2.85 bits per heavy atom. The molecule has 138 valence electrons. The van der Waals surface area contributed by atoms with E-state index < -0.39 is 5.82 Å². The quantitative estimate of drug-likeness (QED) is 0.797. The van der Waals surface area contributed by atoms with Crippen LogP contribution in [-0.2, 0) is 0 Å². The third-order valence-electron chi connectivity index (χ3n) is 4.76. The zero-order chi connectivity index (χ0) is 18.8. The summed E-state index contributed by atoms with van der Waals surface area (Å²) in [6.45, 7) is 6.95. The van der Waals surface area contributed by atoms with E-state index in [1.165, 1.54) is 11.6 Å². The molecule has 1 aliphatic heterocycles. The van der Waals surface area contributed by atoms with E-state index in [2.05, 4.69) is 17.4 Å². The summed E-state index contributed by atoms with van der Waals surface area (Å²) in [5.74, 6) is 0.157. The van der Waals surface area contributed by atoms with Gasteiger partial charge >= 0.3 is 6.03 Å². The van der Waals surface area contributed by atoms with Crippen LogP contribution in [0.5, 0.6) is 0 Å². The Morgan fingerprint density at radius 1 is 1.46 bits per heavy atom. The van der Waals surface area contributed by atoms with Gasteiger partial charge in [0.15, 0.2) is 0 Å². The van der Waals surface area contributed by atoms with Gasteiger partial charge in [0.25, 0.3) is 0 Å². The van der Waals surface area contributed by atoms with E-state index in [0.717, 1.165) is 23.2 Å². The van der Waals surface area contributed by atoms with Crippen molar-refractivity contribution < 1.29 is 13.7 Å². The number of nitrogens with one attached hydrogen (secondary N) is 1. The van der Waals surface area contributed by atoms with E-state index in [0.29, 0.717) is 19.0 Å². The molecule has 0 radical (unpaired) electrons. The van der Waals surface area contributed by atoms with E-state index in [9.17, 15) is 9.18 Å². The van der Waals surface area contributed by atoms with Gasteiger partial charge in [-0.05, 0) is 43.9 Å². The first kappa shape index (κ1) is 18.5. The highest BCUT2D eigenvalue weighted by molar-refractivity contribution is 6.30. The van der Waals surface area contributed by atoms with E-state index in [-0.39, 0.29) is 17.0 Å². The third-order valence-corrected chi connectivity index (χ3v) is 5.05. The van der Waals surface area contributed by atoms with Crippen LogP contribution in [0.2, 0.25) is 5.02 Å². The van der Waals surface area contributed by atoms with Gasteiger partial charge in [-0.15, -0.1) is 0 Å². The number of carbonyl (C=O) groups is 1. The van der Waals surface area contributed by atoms with Crippen LogP contribution in [0, 0.1) is 25.6 Å². The van der Waals surface area contributed by atoms with Crippen LogP contribution >= 0.6 is 11.6 Å². The second-order valence-corrected chi connectivity index (χ2v) is 7.05. The largest absolute Gasteiger partial charge is 0.338 e. The predicted octanol–water partition coefficient (Wildman–Crippen LogP) is 5.04. The molecule has 1 aliphatic rings. The predicted molar refractivity (Wildman–Crippen MR) is 99.7 cm³/mol. The Bertz CT molecular complexity index is 862. The number of rotatable bonds is 2. The molecule has 2 aromatic rings. The first-order valence-corrected chi connectivity index (χ1v) is 8.87. The molecule has 0 bridgehead atoms. The van der Waals surface area contributed by atoms with Crippen LogP contribution in [0.25, 0.3) is 6.08 Å². The molecule has 0 spiro atoms. The standard InChI is InChI=1S/C19H21ClFN3O2/c1-11-10-24(19(25)22-18-12(2)13(3)23-26-18)7-6-15(11)8-14-4-5-17(21)16(20)9-14/h4-5,8-9,11H,6-7,10H2,1-3H3,(H,22,25)/b15-8+. The van der Waals surface area contributed by atoms with E-state index in [4.69, 9.17) is 16.1 Å². The maximum atomic E-state index is 13.3. The molecular formula is C19H21ClFN3O2. The second kappa shape index (κ2) is 7.50. The number of halogens is 2. The van der Waals surface area contributed by atoms with Crippen molar-refractivity contribution in [2.24, 2.45) is 5.92 Å². The number of anilines is 1. The van der Waals surface area contributed by atoms with Crippen molar-refractivity contribution >= 4 is 29.6 Å². The van der Waals surface area contributed by atoms with E-state index >= 15 is 0 Å². The molecule has 1 aromatic heterocycles. The number of nitrogens with zero attached hydrogens (tertiary/aromatic N) is 2. The number of aryl methyl sites for hydroxylation is 1. The molecule has 26 heavy (non-hydrogen) atoms. The van der Waals surface area contributed by atoms with Crippen molar-refractivity contribution in [1.29, 1.82) is 0 Å². The first-order chi connectivity index (χ1) is 12.3. The van der Waals surface area contributed by atoms with Crippen molar-refractivity contribution in [2.75, 3.05) is 18.4 Å². The average molecular weight is 378 g/mol. The van der Waals surface area contributed by atoms with Gasteiger partial charge in [-0.1, -0.05) is 41.4 Å². The molecule has 1 atom stereocenters. The van der Waals surface area contributed by atoms with Crippen LogP contribution in [0.1, 0.15) is 30.2 Å². The van der Waals surface area contributed by atoms with Crippen molar-refractivity contribution in [3.8, 4) is 0 Å². The Hall–Kier alpha value is -2.34. The van der Waals surface area contributed by atoms with Crippen molar-refractivity contribution in [2.45, 2.75) is 27.2 Å². The van der Waals surface area contributed by atoms with Gasteiger partial charge in [0.1, 0.15) is 5.82 Å². The molecule has 1 unspecified atom stereocenters. The van der Waals surface area contributed by atoms with Crippen LogP contribution in [-0.4, -0.2) is 29.2 Å². The van der Waals surface area contributed by atoms with Crippen LogP contribution in [0.3, 0.4) is 0 Å². The highest BCUT2D eigenvalue weighted by Gasteiger charge is 2.25. The minimum Gasteiger partial charge on any atom is -0.338 e. The fourth-order valence-corrected chi connectivity index (χ4v) is 3.16. The Balaban J connectivity index is 1.66. The van der Waals surface area contributed by atoms with Gasteiger partial charge in [-0.3, -0.25) is 5.32 Å². The lowest BCUT2D eigenvalue weighted by molar-refractivity contribution is 0.197. The maximum absolute atomic E-state index is 13.3. The number of aromatic nitrogens is 1. The molecule has 1 aromatic carbocycles. The van der Waals surface area contributed by atoms with Crippen LogP contribution in [0.15, 0.2) is 28.3 Å². The smallest absolute Gasteiger partial charge is 0.324 e. The molecule has 2 heterocycles. The second-order valence-electron chi connectivity index (χ2n) is 6.64. The number of urea groups is 1. The minimum absolute atomic E-state index is 0.113. The monoisotopic (exact) mass is 377 g/mol. The Kier molecular flexibility index (Phi) is 5.32. The minimum atomic E-state index is -0.425. The van der Waals surface area contributed by atoms with Gasteiger partial charge in [0, 0.05) is 18.7 Å². The van der Waals surface area contributed by atoms with Crippen LogP contribution in [0.4, 0.5) is 15.1 Å². The Morgan fingerprint density at radius 2 is 2.23 bits per heavy atom. The van der Waals surface area contributed by atoms with Gasteiger partial charge in [-0.25, -0.2) is 9.18 Å². The summed E-state index contributed by atoms with van der Waals surface area (Å²) in [7, 11) is 0. The average Bonchev–Trinajstić information content (AvgIpc) is 2.92. The van der Waals surface area contributed by atoms with Gasteiger partial charge in [0.2, 0.25) is 5.88 Å². The van der Waals surface area contributed by atoms with E-state index in [1.807, 2.05) is 19.9 Å². The van der Waals surface area contributed by atoms with Crippen molar-refractivity contribution in [1.82, 2.24) is 10.1 Å². The lowest BCUT2D eigenvalue weighted by Gasteiger charge is -2.33. The number of carbonyl (C=O) groups excluding carboxylic acids is 1. The maximum Gasteiger partial charge on any atom is 0.324 e. The highest BCUT2D eigenvalue weighted by Crippen LogP contribution is 2.27. The number of benzene rings is 1. The van der Waals surface area contributed by atoms with E-state index in [1.54, 1.807) is 17.0 Å². The highest BCUT2D eigenvalue weighted by atomic mass is 35.5. The SMILES string of the molecule is Cc1noc(NC(=O)N2CC/C(=C\c3ccc(F)c(Cl)c3)C(C)C2)c1C. The van der Waals surface area contributed by atoms with Crippen molar-refractivity contribution in [3.63, 3.8) is 0 Å². The normalized spacial score (nSPS) is 19.0. The molecular weight excluding hydrogens is 357 g/mol. The van der Waals surface area contributed by atoms with Crippen LogP contribution < -0.4 is 5.32 Å². The lowest BCUT2D eigenvalue weighted by Crippen LogP contribution is -2.42. The zero-order valence-corrected chi connectivity index (χ0v) is 15.7. The summed E-state index contributed by atoms with van der Waals surface area (Å²) >= 11 is 5.84. The number of hydrogen-bond donors (Lipinski definition) is 1.